The molecule has 2 aromatic carbocycles. The van der Waals surface area contributed by atoms with E-state index in [0.717, 1.165) is 5.56 Å². The van der Waals surface area contributed by atoms with E-state index in [1.807, 2.05) is 18.2 Å². The molecule has 37 heavy (non-hydrogen) atoms. The van der Waals surface area contributed by atoms with Crippen molar-refractivity contribution in [2.24, 2.45) is 5.92 Å². The Morgan fingerprint density at radius 3 is 2.54 bits per heavy atom. The third-order valence-electron chi connectivity index (χ3n) is 5.82. The number of morpholine rings is 1. The quantitative estimate of drug-likeness (QED) is 0.430. The summed E-state index contributed by atoms with van der Waals surface area (Å²) in [5, 5.41) is 8.22. The molecule has 0 radical (unpaired) electrons. The van der Waals surface area contributed by atoms with Crippen molar-refractivity contribution >= 4 is 49.9 Å². The van der Waals surface area contributed by atoms with Gasteiger partial charge in [0.25, 0.3) is 5.91 Å². The van der Waals surface area contributed by atoms with Gasteiger partial charge in [0, 0.05) is 34.6 Å². The van der Waals surface area contributed by atoms with Gasteiger partial charge in [0.05, 0.1) is 23.8 Å². The molecule has 0 aliphatic carbocycles. The smallest absolute Gasteiger partial charge is 0.251 e. The summed E-state index contributed by atoms with van der Waals surface area (Å²) in [7, 11) is -3.77. The van der Waals surface area contributed by atoms with Crippen LogP contribution in [-0.4, -0.2) is 61.9 Å². The molecule has 4 rings (SSSR count). The molecule has 0 saturated carbocycles. The molecule has 1 unspecified atom stereocenters. The first-order valence-corrected chi connectivity index (χ1v) is 14.4. The molecule has 1 saturated heterocycles. The number of carbonyl (C=O) groups is 2. The molecular formula is C25H27ClN4O5S2. The molecule has 12 heteroatoms. The normalized spacial score (nSPS) is 15.4. The fraction of sp³-hybridized carbons (Fsp3) is 0.320. The van der Waals surface area contributed by atoms with Crippen LogP contribution in [0.2, 0.25) is 5.02 Å². The van der Waals surface area contributed by atoms with Gasteiger partial charge >= 0.3 is 0 Å². The summed E-state index contributed by atoms with van der Waals surface area (Å²) < 4.78 is 32.6. The number of amides is 2. The summed E-state index contributed by atoms with van der Waals surface area (Å²) in [5.41, 5.74) is 1.53. The lowest BCUT2D eigenvalue weighted by Crippen LogP contribution is -2.47. The summed E-state index contributed by atoms with van der Waals surface area (Å²) in [6.45, 7) is 4.77. The van der Waals surface area contributed by atoms with Crippen LogP contribution in [0, 0.1) is 5.92 Å². The highest BCUT2D eigenvalue weighted by molar-refractivity contribution is 7.89. The Morgan fingerprint density at radius 1 is 1.11 bits per heavy atom. The first-order valence-electron chi connectivity index (χ1n) is 11.7. The Balaban J connectivity index is 1.47. The Bertz CT molecular complexity index is 1390. The van der Waals surface area contributed by atoms with E-state index in [1.165, 1.54) is 39.9 Å². The molecular weight excluding hydrogens is 536 g/mol. The molecule has 1 fully saturated rings. The molecule has 2 amide bonds. The van der Waals surface area contributed by atoms with E-state index in [1.54, 1.807) is 25.3 Å². The Morgan fingerprint density at radius 2 is 1.84 bits per heavy atom. The van der Waals surface area contributed by atoms with E-state index >= 15 is 0 Å². The highest BCUT2D eigenvalue weighted by Crippen LogP contribution is 2.30. The third kappa shape index (κ3) is 6.36. The zero-order chi connectivity index (χ0) is 26.6. The highest BCUT2D eigenvalue weighted by Gasteiger charge is 2.29. The number of thiazole rings is 1. The second-order valence-corrected chi connectivity index (χ2v) is 11.9. The van der Waals surface area contributed by atoms with Gasteiger partial charge in [-0.3, -0.25) is 9.59 Å². The van der Waals surface area contributed by atoms with E-state index < -0.39 is 27.9 Å². The zero-order valence-electron chi connectivity index (χ0n) is 20.3. The highest BCUT2D eigenvalue weighted by atomic mass is 35.5. The van der Waals surface area contributed by atoms with Gasteiger partial charge in [-0.2, -0.15) is 4.31 Å². The lowest BCUT2D eigenvalue weighted by molar-refractivity contribution is -0.118. The number of carbonyl (C=O) groups excluding carboxylic acids is 2. The molecule has 3 aromatic rings. The fourth-order valence-corrected chi connectivity index (χ4v) is 6.20. The Kier molecular flexibility index (Phi) is 8.60. The number of ether oxygens (including phenoxy) is 1. The summed E-state index contributed by atoms with van der Waals surface area (Å²) in [6, 6.07) is 12.2. The molecule has 1 aromatic heterocycles. The Labute approximate surface area is 224 Å². The van der Waals surface area contributed by atoms with Gasteiger partial charge in [-0.25, -0.2) is 13.4 Å². The SMILES string of the molecule is CC(C)C(NC(=O)c1cccc(S(=O)(=O)N2CCOCC2)c1)C(=O)Nc1nc(-c2ccccc2Cl)cs1. The molecule has 1 aliphatic rings. The van der Waals surface area contributed by atoms with Crippen molar-refractivity contribution < 1.29 is 22.7 Å². The first kappa shape index (κ1) is 27.2. The standard InChI is InChI=1S/C25H27ClN4O5S2/c1-16(2)22(24(32)29-25-27-21(15-36-25)19-8-3-4-9-20(19)26)28-23(31)17-6-5-7-18(14-17)37(33,34)30-10-12-35-13-11-30/h3-9,14-16,22H,10-13H2,1-2H3,(H,28,31)(H,27,29,32). The fourth-order valence-electron chi connectivity index (χ4n) is 3.80. The number of benzene rings is 2. The molecule has 0 spiro atoms. The van der Waals surface area contributed by atoms with Crippen molar-refractivity contribution in [2.75, 3.05) is 31.6 Å². The van der Waals surface area contributed by atoms with Crippen molar-refractivity contribution in [3.05, 3.63) is 64.5 Å². The minimum atomic E-state index is -3.77. The van der Waals surface area contributed by atoms with E-state index in [2.05, 4.69) is 15.6 Å². The van der Waals surface area contributed by atoms with Crippen LogP contribution in [0.4, 0.5) is 5.13 Å². The van der Waals surface area contributed by atoms with Crippen molar-refractivity contribution in [1.82, 2.24) is 14.6 Å². The summed E-state index contributed by atoms with van der Waals surface area (Å²) >= 11 is 7.50. The molecule has 0 bridgehead atoms. The molecule has 1 atom stereocenters. The van der Waals surface area contributed by atoms with Gasteiger partial charge in [-0.05, 0) is 30.2 Å². The van der Waals surface area contributed by atoms with Crippen LogP contribution in [0.15, 0.2) is 58.8 Å². The van der Waals surface area contributed by atoms with Crippen LogP contribution in [0.1, 0.15) is 24.2 Å². The van der Waals surface area contributed by atoms with Crippen LogP contribution >= 0.6 is 22.9 Å². The predicted octanol–water partition coefficient (Wildman–Crippen LogP) is 3.88. The van der Waals surface area contributed by atoms with Crippen LogP contribution in [-0.2, 0) is 19.6 Å². The number of hydrogen-bond acceptors (Lipinski definition) is 7. The van der Waals surface area contributed by atoms with Crippen molar-refractivity contribution in [1.29, 1.82) is 0 Å². The number of hydrogen-bond donors (Lipinski definition) is 2. The van der Waals surface area contributed by atoms with Crippen LogP contribution in [0.5, 0.6) is 0 Å². The average molecular weight is 563 g/mol. The second-order valence-electron chi connectivity index (χ2n) is 8.75. The van der Waals surface area contributed by atoms with Crippen LogP contribution < -0.4 is 10.6 Å². The number of nitrogens with zero attached hydrogens (tertiary/aromatic N) is 2. The number of anilines is 1. The molecule has 1 aliphatic heterocycles. The lowest BCUT2D eigenvalue weighted by atomic mass is 10.0. The average Bonchev–Trinajstić information content (AvgIpc) is 3.35. The van der Waals surface area contributed by atoms with Gasteiger partial charge in [-0.1, -0.05) is 49.7 Å². The van der Waals surface area contributed by atoms with E-state index in [9.17, 15) is 18.0 Å². The van der Waals surface area contributed by atoms with E-state index in [0.29, 0.717) is 29.1 Å². The van der Waals surface area contributed by atoms with Gasteiger partial charge in [0.1, 0.15) is 6.04 Å². The molecule has 196 valence electrons. The maximum absolute atomic E-state index is 13.1. The van der Waals surface area contributed by atoms with Crippen molar-refractivity contribution in [2.45, 2.75) is 24.8 Å². The molecule has 9 nitrogen and oxygen atoms in total. The summed E-state index contributed by atoms with van der Waals surface area (Å²) in [6.07, 6.45) is 0. The topological polar surface area (TPSA) is 118 Å². The number of rotatable bonds is 8. The van der Waals surface area contributed by atoms with Crippen molar-refractivity contribution in [3.63, 3.8) is 0 Å². The summed E-state index contributed by atoms with van der Waals surface area (Å²) in [4.78, 5) is 30.6. The maximum atomic E-state index is 13.1. The van der Waals surface area contributed by atoms with Gasteiger partial charge in [0.15, 0.2) is 5.13 Å². The number of nitrogens with one attached hydrogen (secondary N) is 2. The monoisotopic (exact) mass is 562 g/mol. The van der Waals surface area contributed by atoms with Gasteiger partial charge < -0.3 is 15.4 Å². The predicted molar refractivity (Wildman–Crippen MR) is 143 cm³/mol. The maximum Gasteiger partial charge on any atom is 0.251 e. The zero-order valence-corrected chi connectivity index (χ0v) is 22.7. The largest absolute Gasteiger partial charge is 0.379 e. The summed E-state index contributed by atoms with van der Waals surface area (Å²) in [5.74, 6) is -1.23. The van der Waals surface area contributed by atoms with E-state index in [4.69, 9.17) is 16.3 Å². The molecule has 2 heterocycles. The number of sulfonamides is 1. The minimum Gasteiger partial charge on any atom is -0.379 e. The van der Waals surface area contributed by atoms with Gasteiger partial charge in [-0.15, -0.1) is 11.3 Å². The first-order chi connectivity index (χ1) is 17.7. The Hall–Kier alpha value is -2.83. The molecule has 2 N–H and O–H groups in total. The second kappa shape index (κ2) is 11.7. The third-order valence-corrected chi connectivity index (χ3v) is 8.81. The minimum absolute atomic E-state index is 0.0162. The van der Waals surface area contributed by atoms with E-state index in [-0.39, 0.29) is 29.5 Å². The van der Waals surface area contributed by atoms with Crippen LogP contribution in [0.3, 0.4) is 0 Å². The van der Waals surface area contributed by atoms with Gasteiger partial charge in [0.2, 0.25) is 15.9 Å². The number of halogens is 1. The van der Waals surface area contributed by atoms with Crippen LogP contribution in [0.25, 0.3) is 11.3 Å². The number of aromatic nitrogens is 1. The lowest BCUT2D eigenvalue weighted by Gasteiger charge is -2.26. The van der Waals surface area contributed by atoms with Crippen molar-refractivity contribution in [3.8, 4) is 11.3 Å².